The minimum Gasteiger partial charge on any atom is -0.465 e. The summed E-state index contributed by atoms with van der Waals surface area (Å²) < 4.78 is 21.8. The molecule has 7 heteroatoms. The van der Waals surface area contributed by atoms with Crippen LogP contribution in [0.4, 0.5) is 4.39 Å². The van der Waals surface area contributed by atoms with Gasteiger partial charge in [-0.25, -0.2) is 9.18 Å². The highest BCUT2D eigenvalue weighted by molar-refractivity contribution is 5.88. The maximum absolute atomic E-state index is 14.5. The number of rotatable bonds is 5. The van der Waals surface area contributed by atoms with E-state index in [0.717, 1.165) is 0 Å². The van der Waals surface area contributed by atoms with Crippen molar-refractivity contribution in [3.05, 3.63) is 104 Å². The summed E-state index contributed by atoms with van der Waals surface area (Å²) in [5.74, 6) is -1.03. The van der Waals surface area contributed by atoms with Gasteiger partial charge in [-0.15, -0.1) is 0 Å². The van der Waals surface area contributed by atoms with Crippen LogP contribution in [-0.2, 0) is 17.8 Å². The SMILES string of the molecule is COC(=O)c1ccc(=O)n(Cc2ccc(Cn3ccccc3=O)c(F)c2)c1. The molecule has 0 atom stereocenters. The highest BCUT2D eigenvalue weighted by Crippen LogP contribution is 2.13. The lowest BCUT2D eigenvalue weighted by molar-refractivity contribution is 0.0599. The van der Waals surface area contributed by atoms with Gasteiger partial charge in [0.05, 0.1) is 25.8 Å². The number of carbonyl (C=O) groups excluding carboxylic acids is 1. The maximum atomic E-state index is 14.5. The van der Waals surface area contributed by atoms with Gasteiger partial charge in [0, 0.05) is 30.1 Å². The second-order valence-corrected chi connectivity index (χ2v) is 5.97. The van der Waals surface area contributed by atoms with Crippen molar-refractivity contribution in [3.63, 3.8) is 0 Å². The number of pyridine rings is 2. The molecule has 2 heterocycles. The molecule has 27 heavy (non-hydrogen) atoms. The second kappa shape index (κ2) is 7.82. The van der Waals surface area contributed by atoms with Crippen molar-refractivity contribution < 1.29 is 13.9 Å². The number of halogens is 1. The zero-order chi connectivity index (χ0) is 19.4. The molecule has 3 rings (SSSR count). The number of nitrogens with zero attached hydrogens (tertiary/aromatic N) is 2. The van der Waals surface area contributed by atoms with Gasteiger partial charge in [0.25, 0.3) is 11.1 Å². The van der Waals surface area contributed by atoms with Gasteiger partial charge < -0.3 is 13.9 Å². The van der Waals surface area contributed by atoms with Crippen molar-refractivity contribution in [2.24, 2.45) is 0 Å². The molecule has 0 amide bonds. The minimum absolute atomic E-state index is 0.103. The van der Waals surface area contributed by atoms with E-state index in [1.54, 1.807) is 30.5 Å². The minimum atomic E-state index is -0.557. The lowest BCUT2D eigenvalue weighted by atomic mass is 10.1. The third-order valence-electron chi connectivity index (χ3n) is 4.11. The summed E-state index contributed by atoms with van der Waals surface area (Å²) in [7, 11) is 1.25. The van der Waals surface area contributed by atoms with E-state index < -0.39 is 11.8 Å². The van der Waals surface area contributed by atoms with E-state index in [1.165, 1.54) is 46.7 Å². The molecule has 0 saturated carbocycles. The van der Waals surface area contributed by atoms with Crippen LogP contribution in [0.3, 0.4) is 0 Å². The molecule has 0 fully saturated rings. The zero-order valence-electron chi connectivity index (χ0n) is 14.6. The fourth-order valence-electron chi connectivity index (χ4n) is 2.68. The summed E-state index contributed by atoms with van der Waals surface area (Å²) in [4.78, 5) is 35.4. The van der Waals surface area contributed by atoms with Crippen LogP contribution in [0.1, 0.15) is 21.5 Å². The highest BCUT2D eigenvalue weighted by Gasteiger charge is 2.10. The predicted octanol–water partition coefficient (Wildman–Crippen LogP) is 2.03. The molecule has 0 spiro atoms. The van der Waals surface area contributed by atoms with E-state index in [1.807, 2.05) is 0 Å². The first-order valence-electron chi connectivity index (χ1n) is 8.19. The predicted molar refractivity (Wildman–Crippen MR) is 97.3 cm³/mol. The van der Waals surface area contributed by atoms with Crippen molar-refractivity contribution in [1.82, 2.24) is 9.13 Å². The number of hydrogen-bond donors (Lipinski definition) is 0. The van der Waals surface area contributed by atoms with Gasteiger partial charge in [-0.2, -0.15) is 0 Å². The monoisotopic (exact) mass is 368 g/mol. The van der Waals surface area contributed by atoms with Gasteiger partial charge in [0.1, 0.15) is 5.82 Å². The molecule has 0 saturated heterocycles. The molecule has 0 bridgehead atoms. The first-order valence-corrected chi connectivity index (χ1v) is 8.19. The van der Waals surface area contributed by atoms with E-state index in [-0.39, 0.29) is 29.8 Å². The van der Waals surface area contributed by atoms with Crippen LogP contribution >= 0.6 is 0 Å². The van der Waals surface area contributed by atoms with Gasteiger partial charge in [-0.1, -0.05) is 18.2 Å². The van der Waals surface area contributed by atoms with Crippen LogP contribution in [0, 0.1) is 5.82 Å². The molecule has 6 nitrogen and oxygen atoms in total. The van der Waals surface area contributed by atoms with Crippen LogP contribution in [0.25, 0.3) is 0 Å². The number of esters is 1. The van der Waals surface area contributed by atoms with Crippen LogP contribution in [0.5, 0.6) is 0 Å². The molecular weight excluding hydrogens is 351 g/mol. The average Bonchev–Trinajstić information content (AvgIpc) is 2.66. The van der Waals surface area contributed by atoms with E-state index in [4.69, 9.17) is 0 Å². The van der Waals surface area contributed by atoms with E-state index in [0.29, 0.717) is 11.1 Å². The summed E-state index contributed by atoms with van der Waals surface area (Å²) in [5.41, 5.74) is 0.622. The van der Waals surface area contributed by atoms with Gasteiger partial charge in [0.2, 0.25) is 0 Å². The molecule has 138 valence electrons. The van der Waals surface area contributed by atoms with E-state index >= 15 is 0 Å². The van der Waals surface area contributed by atoms with Gasteiger partial charge in [-0.3, -0.25) is 9.59 Å². The number of ether oxygens (including phenoxy) is 1. The summed E-state index contributed by atoms with van der Waals surface area (Å²) in [5, 5.41) is 0. The number of hydrogen-bond acceptors (Lipinski definition) is 4. The fourth-order valence-corrected chi connectivity index (χ4v) is 2.68. The smallest absolute Gasteiger partial charge is 0.339 e. The van der Waals surface area contributed by atoms with Crippen molar-refractivity contribution in [2.75, 3.05) is 7.11 Å². The van der Waals surface area contributed by atoms with Crippen molar-refractivity contribution in [2.45, 2.75) is 13.1 Å². The summed E-state index contributed by atoms with van der Waals surface area (Å²) in [6.07, 6.45) is 2.97. The summed E-state index contributed by atoms with van der Waals surface area (Å²) >= 11 is 0. The first kappa shape index (κ1) is 18.3. The Balaban J connectivity index is 1.84. The highest BCUT2D eigenvalue weighted by atomic mass is 19.1. The molecule has 3 aromatic rings. The van der Waals surface area contributed by atoms with Gasteiger partial charge in [-0.05, 0) is 23.8 Å². The number of carbonyl (C=O) groups is 1. The Morgan fingerprint density at radius 3 is 2.48 bits per heavy atom. The molecule has 0 aliphatic heterocycles. The summed E-state index contributed by atoms with van der Waals surface area (Å²) in [6, 6.07) is 12.0. The van der Waals surface area contributed by atoms with Gasteiger partial charge in [0.15, 0.2) is 0 Å². The molecule has 0 aliphatic rings. The summed E-state index contributed by atoms with van der Waals surface area (Å²) in [6.45, 7) is 0.218. The Labute approximate surface area is 154 Å². The van der Waals surface area contributed by atoms with Crippen molar-refractivity contribution in [3.8, 4) is 0 Å². The lowest BCUT2D eigenvalue weighted by Gasteiger charge is -2.10. The number of benzene rings is 1. The Morgan fingerprint density at radius 2 is 1.78 bits per heavy atom. The third kappa shape index (κ3) is 4.20. The Hall–Kier alpha value is -3.48. The second-order valence-electron chi connectivity index (χ2n) is 5.97. The molecule has 0 radical (unpaired) electrons. The van der Waals surface area contributed by atoms with E-state index in [2.05, 4.69) is 4.74 Å². The molecule has 0 aliphatic carbocycles. The average molecular weight is 368 g/mol. The largest absolute Gasteiger partial charge is 0.465 e. The van der Waals surface area contributed by atoms with E-state index in [9.17, 15) is 18.8 Å². The number of aromatic nitrogens is 2. The first-order chi connectivity index (χ1) is 13.0. The fraction of sp³-hybridized carbons (Fsp3) is 0.150. The molecule has 0 unspecified atom stereocenters. The normalized spacial score (nSPS) is 10.6. The number of methoxy groups -OCH3 is 1. The molecule has 2 aromatic heterocycles. The van der Waals surface area contributed by atoms with Crippen LogP contribution < -0.4 is 11.1 Å². The zero-order valence-corrected chi connectivity index (χ0v) is 14.6. The van der Waals surface area contributed by atoms with Crippen LogP contribution in [0.15, 0.2) is 70.5 Å². The quantitative estimate of drug-likeness (QED) is 0.646. The topological polar surface area (TPSA) is 70.3 Å². The lowest BCUT2D eigenvalue weighted by Crippen LogP contribution is -2.21. The van der Waals surface area contributed by atoms with Crippen molar-refractivity contribution in [1.29, 1.82) is 0 Å². The van der Waals surface area contributed by atoms with Crippen LogP contribution in [0.2, 0.25) is 0 Å². The standard InChI is InChI=1S/C20H17FN2O4/c1-27-20(26)16-7-8-19(25)23(13-16)11-14-5-6-15(17(21)10-14)12-22-9-3-2-4-18(22)24/h2-10,13H,11-12H2,1H3. The Bertz CT molecular complexity index is 1100. The molecule has 1 aromatic carbocycles. The maximum Gasteiger partial charge on any atom is 0.339 e. The Morgan fingerprint density at radius 1 is 1.00 bits per heavy atom. The van der Waals surface area contributed by atoms with Gasteiger partial charge >= 0.3 is 5.97 Å². The third-order valence-corrected chi connectivity index (χ3v) is 4.11. The Kier molecular flexibility index (Phi) is 5.30. The van der Waals surface area contributed by atoms with Crippen LogP contribution in [-0.4, -0.2) is 22.2 Å². The van der Waals surface area contributed by atoms with Crippen molar-refractivity contribution >= 4 is 5.97 Å². The molecular formula is C20H17FN2O4. The molecule has 0 N–H and O–H groups in total.